The molecule has 4 heterocycles. The fraction of sp³-hybridized carbons (Fsp3) is 0.739. The summed E-state index contributed by atoms with van der Waals surface area (Å²) in [6.45, 7) is 4.63. The maximum atomic E-state index is 13.2. The lowest BCUT2D eigenvalue weighted by Gasteiger charge is -2.46. The van der Waals surface area contributed by atoms with Gasteiger partial charge >= 0.3 is 0 Å². The van der Waals surface area contributed by atoms with Gasteiger partial charge in [0.15, 0.2) is 0 Å². The van der Waals surface area contributed by atoms with Crippen molar-refractivity contribution >= 4 is 11.6 Å². The number of hydrogen-bond donors (Lipinski definition) is 1. The first kappa shape index (κ1) is 19.3. The van der Waals surface area contributed by atoms with Crippen LogP contribution in [0.4, 0.5) is 5.69 Å². The highest BCUT2D eigenvalue weighted by Gasteiger charge is 2.37. The van der Waals surface area contributed by atoms with Crippen molar-refractivity contribution in [3.05, 3.63) is 28.2 Å². The molecule has 1 amide bonds. The number of nitrogens with one attached hydrogen (secondary N) is 1. The quantitative estimate of drug-likeness (QED) is 0.849. The smallest absolute Gasteiger partial charge is 0.274 e. The van der Waals surface area contributed by atoms with Gasteiger partial charge in [0, 0.05) is 56.4 Å². The minimum Gasteiger partial charge on any atom is -0.381 e. The molecule has 29 heavy (non-hydrogen) atoms. The second kappa shape index (κ2) is 8.23. The second-order valence-electron chi connectivity index (χ2n) is 9.51. The first-order valence-corrected chi connectivity index (χ1v) is 11.6. The monoisotopic (exact) mass is 399 g/mol. The van der Waals surface area contributed by atoms with E-state index in [1.807, 2.05) is 10.6 Å². The van der Waals surface area contributed by atoms with E-state index in [2.05, 4.69) is 16.3 Å². The van der Waals surface area contributed by atoms with Crippen LogP contribution in [0.15, 0.2) is 16.9 Å². The average molecular weight is 400 g/mol. The Hall–Kier alpha value is -1.66. The third-order valence-corrected chi connectivity index (χ3v) is 7.57. The van der Waals surface area contributed by atoms with E-state index >= 15 is 0 Å². The summed E-state index contributed by atoms with van der Waals surface area (Å²) in [6, 6.07) is 4.57. The summed E-state index contributed by atoms with van der Waals surface area (Å²) < 4.78 is 7.49. The average Bonchev–Trinajstić information content (AvgIpc) is 2.77. The van der Waals surface area contributed by atoms with Crippen molar-refractivity contribution in [3.63, 3.8) is 0 Å². The fourth-order valence-electron chi connectivity index (χ4n) is 6.03. The molecule has 1 aliphatic carbocycles. The number of amides is 1. The number of likely N-dealkylation sites (tertiary alicyclic amines) is 1. The van der Waals surface area contributed by atoms with Crippen LogP contribution in [0.3, 0.4) is 0 Å². The highest BCUT2D eigenvalue weighted by atomic mass is 16.5. The van der Waals surface area contributed by atoms with Gasteiger partial charge in [-0.3, -0.25) is 14.5 Å². The first-order chi connectivity index (χ1) is 14.2. The molecule has 0 unspecified atom stereocenters. The molecule has 1 saturated carbocycles. The van der Waals surface area contributed by atoms with Crippen molar-refractivity contribution in [3.8, 4) is 0 Å². The number of rotatable bonds is 3. The van der Waals surface area contributed by atoms with Gasteiger partial charge in [-0.25, -0.2) is 0 Å². The Kier molecular flexibility index (Phi) is 5.48. The van der Waals surface area contributed by atoms with E-state index in [0.717, 1.165) is 77.1 Å². The number of pyridine rings is 1. The number of anilines is 1. The van der Waals surface area contributed by atoms with Crippen LogP contribution in [-0.4, -0.2) is 47.7 Å². The molecule has 1 N–H and O–H groups in total. The predicted octanol–water partition coefficient (Wildman–Crippen LogP) is 2.97. The summed E-state index contributed by atoms with van der Waals surface area (Å²) in [4.78, 5) is 28.4. The molecule has 1 aromatic rings. The molecule has 2 bridgehead atoms. The lowest BCUT2D eigenvalue weighted by atomic mass is 9.82. The SMILES string of the molecule is O=C(Nc1ccc2n(c1=O)C[C@H]1C[C@@H]2CN(C2CCOCC2)C1)C1CCCCC1. The molecule has 5 rings (SSSR count). The molecule has 0 radical (unpaired) electrons. The van der Waals surface area contributed by atoms with Crippen molar-refractivity contribution in [2.24, 2.45) is 11.8 Å². The molecule has 3 fully saturated rings. The van der Waals surface area contributed by atoms with Gasteiger partial charge in [0.1, 0.15) is 5.69 Å². The largest absolute Gasteiger partial charge is 0.381 e. The van der Waals surface area contributed by atoms with Crippen molar-refractivity contribution < 1.29 is 9.53 Å². The third-order valence-electron chi connectivity index (χ3n) is 7.57. The molecular formula is C23H33N3O3. The lowest BCUT2D eigenvalue weighted by Crippen LogP contribution is -2.51. The Morgan fingerprint density at radius 2 is 1.79 bits per heavy atom. The fourth-order valence-corrected chi connectivity index (χ4v) is 6.03. The van der Waals surface area contributed by atoms with E-state index < -0.39 is 0 Å². The lowest BCUT2D eigenvalue weighted by molar-refractivity contribution is -0.120. The minimum atomic E-state index is -0.0131. The second-order valence-corrected chi connectivity index (χ2v) is 9.51. The summed E-state index contributed by atoms with van der Waals surface area (Å²) in [7, 11) is 0. The molecule has 6 heteroatoms. The molecule has 3 aliphatic heterocycles. The number of carbonyl (C=O) groups is 1. The zero-order valence-corrected chi connectivity index (χ0v) is 17.3. The van der Waals surface area contributed by atoms with Gasteiger partial charge in [-0.15, -0.1) is 0 Å². The molecule has 2 atom stereocenters. The summed E-state index contributed by atoms with van der Waals surface area (Å²) in [6.07, 6.45) is 8.78. The van der Waals surface area contributed by atoms with Crippen molar-refractivity contribution in [1.29, 1.82) is 0 Å². The highest BCUT2D eigenvalue weighted by Crippen LogP contribution is 2.37. The van der Waals surface area contributed by atoms with E-state index in [1.165, 1.54) is 12.8 Å². The van der Waals surface area contributed by atoms with Gasteiger partial charge in [-0.2, -0.15) is 0 Å². The number of ether oxygens (including phenoxy) is 1. The zero-order chi connectivity index (χ0) is 19.8. The first-order valence-electron chi connectivity index (χ1n) is 11.6. The van der Waals surface area contributed by atoms with Crippen LogP contribution < -0.4 is 10.9 Å². The molecule has 2 saturated heterocycles. The summed E-state index contributed by atoms with van der Waals surface area (Å²) in [5.74, 6) is 1.04. The minimum absolute atomic E-state index is 0.0131. The van der Waals surface area contributed by atoms with E-state index in [4.69, 9.17) is 4.74 Å². The molecule has 6 nitrogen and oxygen atoms in total. The highest BCUT2D eigenvalue weighted by molar-refractivity contribution is 5.92. The normalized spacial score (nSPS) is 28.7. The maximum Gasteiger partial charge on any atom is 0.274 e. The van der Waals surface area contributed by atoms with Gasteiger partial charge in [-0.1, -0.05) is 19.3 Å². The van der Waals surface area contributed by atoms with Crippen LogP contribution in [0.5, 0.6) is 0 Å². The van der Waals surface area contributed by atoms with E-state index in [0.29, 0.717) is 23.6 Å². The summed E-state index contributed by atoms with van der Waals surface area (Å²) >= 11 is 0. The topological polar surface area (TPSA) is 63.6 Å². The summed E-state index contributed by atoms with van der Waals surface area (Å²) in [5, 5.41) is 2.96. The van der Waals surface area contributed by atoms with Gasteiger partial charge in [0.05, 0.1) is 0 Å². The number of carbonyl (C=O) groups excluding carboxylic acids is 1. The van der Waals surface area contributed by atoms with Crippen LogP contribution in [0.25, 0.3) is 0 Å². The third kappa shape index (κ3) is 3.89. The van der Waals surface area contributed by atoms with Crippen molar-refractivity contribution in [2.75, 3.05) is 31.6 Å². The summed E-state index contributed by atoms with van der Waals surface area (Å²) in [5.41, 5.74) is 1.60. The number of hydrogen-bond acceptors (Lipinski definition) is 4. The van der Waals surface area contributed by atoms with Gasteiger partial charge in [0.25, 0.3) is 5.56 Å². The van der Waals surface area contributed by atoms with Crippen molar-refractivity contribution in [1.82, 2.24) is 9.47 Å². The molecular weight excluding hydrogens is 366 g/mol. The molecule has 158 valence electrons. The Balaban J connectivity index is 1.33. The Labute approximate surface area is 172 Å². The molecule has 0 aromatic carbocycles. The Morgan fingerprint density at radius 1 is 1.00 bits per heavy atom. The van der Waals surface area contributed by atoms with Crippen LogP contribution >= 0.6 is 0 Å². The molecule has 0 spiro atoms. The predicted molar refractivity (Wildman–Crippen MR) is 112 cm³/mol. The van der Waals surface area contributed by atoms with Crippen LogP contribution in [0.1, 0.15) is 63.0 Å². The van der Waals surface area contributed by atoms with E-state index in [-0.39, 0.29) is 17.4 Å². The zero-order valence-electron chi connectivity index (χ0n) is 17.3. The van der Waals surface area contributed by atoms with Crippen LogP contribution in [0, 0.1) is 11.8 Å². The van der Waals surface area contributed by atoms with Crippen LogP contribution in [-0.2, 0) is 16.1 Å². The number of aromatic nitrogens is 1. The Morgan fingerprint density at radius 3 is 2.59 bits per heavy atom. The Bertz CT molecular complexity index is 808. The van der Waals surface area contributed by atoms with E-state index in [9.17, 15) is 9.59 Å². The number of fused-ring (bicyclic) bond motifs is 4. The number of nitrogens with zero attached hydrogens (tertiary/aromatic N) is 2. The van der Waals surface area contributed by atoms with E-state index in [1.54, 1.807) is 0 Å². The molecule has 4 aliphatic rings. The maximum absolute atomic E-state index is 13.2. The van der Waals surface area contributed by atoms with Gasteiger partial charge < -0.3 is 14.6 Å². The van der Waals surface area contributed by atoms with Gasteiger partial charge in [-0.05, 0) is 50.2 Å². The standard InChI is InChI=1S/C23H33N3O3/c27-22(17-4-2-1-3-5-17)24-20-6-7-21-18-12-16(14-26(21)23(20)28)13-25(15-18)19-8-10-29-11-9-19/h6-7,16-19H,1-5,8-15H2,(H,24,27)/t16-,18+/m0/s1. The number of piperidine rings is 1. The van der Waals surface area contributed by atoms with Crippen LogP contribution in [0.2, 0.25) is 0 Å². The van der Waals surface area contributed by atoms with Crippen molar-refractivity contribution in [2.45, 2.75) is 69.9 Å². The molecule has 1 aromatic heterocycles. The van der Waals surface area contributed by atoms with Gasteiger partial charge in [0.2, 0.25) is 5.91 Å².